The number of aryl methyl sites for hydroxylation is 1. The first-order valence-electron chi connectivity index (χ1n) is 14.3. The van der Waals surface area contributed by atoms with Crippen molar-refractivity contribution in [1.29, 1.82) is 0 Å². The molecule has 0 radical (unpaired) electrons. The summed E-state index contributed by atoms with van der Waals surface area (Å²) in [5.41, 5.74) is 6.18. The average molecular weight is 531 g/mol. The van der Waals surface area contributed by atoms with Crippen LogP contribution in [0, 0.1) is 18.8 Å². The molecule has 40 heavy (non-hydrogen) atoms. The van der Waals surface area contributed by atoms with Crippen LogP contribution in [0.15, 0.2) is 84.9 Å². The second kappa shape index (κ2) is 9.44. The monoisotopic (exact) mass is 530 g/mol. The lowest BCUT2D eigenvalue weighted by molar-refractivity contribution is 0.0224. The first-order valence-corrected chi connectivity index (χ1v) is 14.3. The summed E-state index contributed by atoms with van der Waals surface area (Å²) in [5.74, 6) is 2.50. The topological polar surface area (TPSA) is 50.8 Å². The molecule has 7 rings (SSSR count). The van der Waals surface area contributed by atoms with Gasteiger partial charge in [-0.25, -0.2) is 4.79 Å². The Kier molecular flexibility index (Phi) is 5.85. The summed E-state index contributed by atoms with van der Waals surface area (Å²) >= 11 is 0. The van der Waals surface area contributed by atoms with Crippen molar-refractivity contribution < 1.29 is 14.3 Å². The molecule has 3 atom stereocenters. The minimum Gasteiger partial charge on any atom is -0.456 e. The fourth-order valence-corrected chi connectivity index (χ4v) is 6.81. The zero-order chi connectivity index (χ0) is 27.4. The van der Waals surface area contributed by atoms with E-state index in [1.165, 1.54) is 12.8 Å². The van der Waals surface area contributed by atoms with E-state index in [9.17, 15) is 4.79 Å². The van der Waals surface area contributed by atoms with E-state index >= 15 is 0 Å². The fourth-order valence-electron chi connectivity index (χ4n) is 6.81. The van der Waals surface area contributed by atoms with Crippen molar-refractivity contribution in [2.75, 3.05) is 23.3 Å². The van der Waals surface area contributed by atoms with Crippen LogP contribution in [0.5, 0.6) is 11.5 Å². The van der Waals surface area contributed by atoms with Crippen molar-refractivity contribution in [3.8, 4) is 11.5 Å². The molecule has 0 aliphatic carbocycles. The molecule has 3 aliphatic rings. The second-order valence-corrected chi connectivity index (χ2v) is 11.5. The lowest BCUT2D eigenvalue weighted by atomic mass is 9.77. The number of benzene rings is 4. The summed E-state index contributed by atoms with van der Waals surface area (Å²) in [4.78, 5) is 15.8. The minimum atomic E-state index is -1.08. The smallest absolute Gasteiger partial charge is 0.340 e. The molecule has 3 aliphatic heterocycles. The molecule has 5 nitrogen and oxygen atoms in total. The molecule has 1 fully saturated rings. The Hall–Kier alpha value is -4.25. The number of carbonyl (C=O) groups excluding carboxylic acids is 1. The Morgan fingerprint density at radius 1 is 0.900 bits per heavy atom. The van der Waals surface area contributed by atoms with E-state index in [4.69, 9.17) is 9.47 Å². The predicted octanol–water partition coefficient (Wildman–Crippen LogP) is 8.18. The van der Waals surface area contributed by atoms with Gasteiger partial charge in [-0.1, -0.05) is 56.7 Å². The van der Waals surface area contributed by atoms with Gasteiger partial charge in [0.25, 0.3) is 0 Å². The number of anilines is 3. The summed E-state index contributed by atoms with van der Waals surface area (Å²) in [6, 6.07) is 28.4. The maximum absolute atomic E-state index is 13.3. The third-order valence-electron chi connectivity index (χ3n) is 8.89. The summed E-state index contributed by atoms with van der Waals surface area (Å²) < 4.78 is 13.1. The number of nitrogens with zero attached hydrogens (tertiary/aromatic N) is 1. The molecule has 3 heterocycles. The Morgan fingerprint density at radius 2 is 1.68 bits per heavy atom. The molecule has 4 aromatic carbocycles. The maximum atomic E-state index is 13.3. The summed E-state index contributed by atoms with van der Waals surface area (Å²) in [5, 5.41) is 3.55. The lowest BCUT2D eigenvalue weighted by Crippen LogP contribution is -2.33. The van der Waals surface area contributed by atoms with Crippen LogP contribution in [0.1, 0.15) is 59.3 Å². The molecule has 1 saturated heterocycles. The Morgan fingerprint density at radius 3 is 2.50 bits per heavy atom. The van der Waals surface area contributed by atoms with Crippen LogP contribution in [-0.2, 0) is 10.3 Å². The summed E-state index contributed by atoms with van der Waals surface area (Å²) in [6.45, 7) is 8.79. The van der Waals surface area contributed by atoms with Crippen LogP contribution in [0.4, 0.5) is 17.1 Å². The highest BCUT2D eigenvalue weighted by atomic mass is 16.6. The third-order valence-corrected chi connectivity index (χ3v) is 8.89. The van der Waals surface area contributed by atoms with Crippen LogP contribution in [0.3, 0.4) is 0 Å². The van der Waals surface area contributed by atoms with E-state index in [0.717, 1.165) is 58.2 Å². The van der Waals surface area contributed by atoms with Gasteiger partial charge in [-0.3, -0.25) is 0 Å². The van der Waals surface area contributed by atoms with Gasteiger partial charge in [0.05, 0.1) is 5.56 Å². The Balaban J connectivity index is 1.37. The quantitative estimate of drug-likeness (QED) is 0.264. The number of carbonyl (C=O) groups is 1. The van der Waals surface area contributed by atoms with Crippen LogP contribution in [0.2, 0.25) is 0 Å². The van der Waals surface area contributed by atoms with Crippen LogP contribution in [-0.4, -0.2) is 19.1 Å². The summed E-state index contributed by atoms with van der Waals surface area (Å²) in [7, 11) is 0. The van der Waals surface area contributed by atoms with Crippen molar-refractivity contribution in [2.45, 2.75) is 39.2 Å². The molecule has 1 spiro atoms. The van der Waals surface area contributed by atoms with Gasteiger partial charge >= 0.3 is 5.97 Å². The zero-order valence-corrected chi connectivity index (χ0v) is 23.2. The number of nitrogens with one attached hydrogen (secondary N) is 1. The number of fused-ring (bicyclic) bond motifs is 6. The lowest BCUT2D eigenvalue weighted by Gasteiger charge is -2.37. The SMILES string of the molecule is CCCC1CN(c2ccc3c(c2)Oc2cc(C)c(Nc4ccccc4)cc2C32OC(=O)c3ccccc32)CC1C. The second-order valence-electron chi connectivity index (χ2n) is 11.5. The zero-order valence-electron chi connectivity index (χ0n) is 23.2. The normalized spacial score (nSPS) is 22.4. The highest BCUT2D eigenvalue weighted by molar-refractivity contribution is 5.97. The minimum absolute atomic E-state index is 0.313. The van der Waals surface area contributed by atoms with E-state index in [1.54, 1.807) is 0 Å². The molecular weight excluding hydrogens is 496 g/mol. The molecule has 1 N–H and O–H groups in total. The number of hydrogen-bond acceptors (Lipinski definition) is 5. The van der Waals surface area contributed by atoms with Crippen LogP contribution < -0.4 is 15.0 Å². The highest BCUT2D eigenvalue weighted by Crippen LogP contribution is 2.57. The molecule has 0 amide bonds. The van der Waals surface area contributed by atoms with Crippen LogP contribution in [0.25, 0.3) is 0 Å². The Labute approximate surface area is 235 Å². The van der Waals surface area contributed by atoms with Gasteiger partial charge in [0, 0.05) is 52.9 Å². The van der Waals surface area contributed by atoms with E-state index in [1.807, 2.05) is 54.6 Å². The van der Waals surface area contributed by atoms with Gasteiger partial charge in [0.1, 0.15) is 11.5 Å². The highest BCUT2D eigenvalue weighted by Gasteiger charge is 2.53. The number of ether oxygens (including phenoxy) is 2. The third kappa shape index (κ3) is 3.79. The molecule has 5 heteroatoms. The van der Waals surface area contributed by atoms with Gasteiger partial charge in [-0.2, -0.15) is 0 Å². The van der Waals surface area contributed by atoms with Gasteiger partial charge in [-0.15, -0.1) is 0 Å². The van der Waals surface area contributed by atoms with Crippen LogP contribution >= 0.6 is 0 Å². The largest absolute Gasteiger partial charge is 0.456 e. The number of hydrogen-bond donors (Lipinski definition) is 1. The number of para-hydroxylation sites is 1. The van der Waals surface area contributed by atoms with Crippen molar-refractivity contribution in [3.63, 3.8) is 0 Å². The molecule has 202 valence electrons. The van der Waals surface area contributed by atoms with Gasteiger partial charge in [0.2, 0.25) is 0 Å². The molecular formula is C35H34N2O3. The van der Waals surface area contributed by atoms with Crippen molar-refractivity contribution in [2.24, 2.45) is 11.8 Å². The molecule has 4 aromatic rings. The molecule has 0 bridgehead atoms. The maximum Gasteiger partial charge on any atom is 0.340 e. The fraction of sp³-hybridized carbons (Fsp3) is 0.286. The molecule has 0 saturated carbocycles. The van der Waals surface area contributed by atoms with Gasteiger partial charge in [-0.05, 0) is 73.2 Å². The van der Waals surface area contributed by atoms with E-state index in [2.05, 4.69) is 61.3 Å². The van der Waals surface area contributed by atoms with Crippen molar-refractivity contribution in [1.82, 2.24) is 0 Å². The van der Waals surface area contributed by atoms with Gasteiger partial charge < -0.3 is 19.7 Å². The standard InChI is InChI=1S/C35H34N2O3/c1-4-10-24-21-37(20-23(24)3)26-15-16-29-33(18-26)39-32-17-22(2)31(36-25-11-6-5-7-12-25)19-30(32)35(29)28-14-9-8-13-27(28)34(38)40-35/h5-9,11-19,23-24,36H,4,10,20-21H2,1-3H3. The van der Waals surface area contributed by atoms with Gasteiger partial charge in [0.15, 0.2) is 5.60 Å². The first kappa shape index (κ1) is 24.8. The van der Waals surface area contributed by atoms with E-state index in [0.29, 0.717) is 23.1 Å². The van der Waals surface area contributed by atoms with E-state index in [-0.39, 0.29) is 5.97 Å². The predicted molar refractivity (Wildman–Crippen MR) is 159 cm³/mol. The number of esters is 1. The Bertz CT molecular complexity index is 1610. The van der Waals surface area contributed by atoms with E-state index < -0.39 is 5.60 Å². The number of rotatable bonds is 5. The molecule has 0 aromatic heterocycles. The summed E-state index contributed by atoms with van der Waals surface area (Å²) in [6.07, 6.45) is 2.46. The van der Waals surface area contributed by atoms with Crippen molar-refractivity contribution >= 4 is 23.0 Å². The van der Waals surface area contributed by atoms with Crippen molar-refractivity contribution in [3.05, 3.63) is 113 Å². The first-order chi connectivity index (χ1) is 19.5. The average Bonchev–Trinajstić information content (AvgIpc) is 3.48. The molecule has 3 unspecified atom stereocenters.